The molecule has 0 spiro atoms. The van der Waals surface area contributed by atoms with Gasteiger partial charge < -0.3 is 10.2 Å². The third kappa shape index (κ3) is 2.55. The molecule has 0 aliphatic carbocycles. The highest BCUT2D eigenvalue weighted by Crippen LogP contribution is 2.17. The van der Waals surface area contributed by atoms with E-state index < -0.39 is 0 Å². The quantitative estimate of drug-likeness (QED) is 0.667. The standard InChI is InChI=1S/C12H18N4O/c1-10-3-6-16(12(17)13-2)9-11(10)15-7-4-14-5-8-15/h3,6,9,14H,4-5,7-8H2,1-2H3/p+1. The molecule has 5 nitrogen and oxygen atoms in total. The van der Waals surface area contributed by atoms with Gasteiger partial charge in [-0.15, -0.1) is 0 Å². The van der Waals surface area contributed by atoms with Crippen molar-refractivity contribution in [3.05, 3.63) is 24.0 Å². The van der Waals surface area contributed by atoms with Crippen LogP contribution in [0.4, 0.5) is 10.5 Å². The SMILES string of the molecule is CNC(=O)[n+]1ccc(C)c(N2CCNCC2)c1. The molecule has 1 aromatic heterocycles. The van der Waals surface area contributed by atoms with Crippen LogP contribution >= 0.6 is 0 Å². The summed E-state index contributed by atoms with van der Waals surface area (Å²) in [5.41, 5.74) is 2.34. The number of pyridine rings is 1. The van der Waals surface area contributed by atoms with Gasteiger partial charge in [-0.3, -0.25) is 0 Å². The lowest BCUT2D eigenvalue weighted by atomic mass is 10.2. The Morgan fingerprint density at radius 2 is 2.18 bits per heavy atom. The van der Waals surface area contributed by atoms with Crippen molar-refractivity contribution in [2.24, 2.45) is 0 Å². The molecule has 0 aromatic carbocycles. The lowest BCUT2D eigenvalue weighted by Gasteiger charge is -2.30. The highest BCUT2D eigenvalue weighted by molar-refractivity contribution is 5.64. The molecule has 0 bridgehead atoms. The topological polar surface area (TPSA) is 48.3 Å². The molecule has 1 saturated heterocycles. The highest BCUT2D eigenvalue weighted by Gasteiger charge is 2.17. The Bertz CT molecular complexity index is 413. The minimum absolute atomic E-state index is 0.110. The maximum Gasteiger partial charge on any atom is 0.495 e. The zero-order chi connectivity index (χ0) is 12.3. The van der Waals surface area contributed by atoms with Crippen molar-refractivity contribution in [1.82, 2.24) is 10.6 Å². The fourth-order valence-corrected chi connectivity index (χ4v) is 2.05. The van der Waals surface area contributed by atoms with Crippen LogP contribution in [0.3, 0.4) is 0 Å². The molecule has 1 amide bonds. The monoisotopic (exact) mass is 235 g/mol. The third-order valence-electron chi connectivity index (χ3n) is 3.06. The second-order valence-electron chi connectivity index (χ2n) is 4.21. The lowest BCUT2D eigenvalue weighted by Crippen LogP contribution is -2.50. The number of nitrogens with zero attached hydrogens (tertiary/aromatic N) is 2. The summed E-state index contributed by atoms with van der Waals surface area (Å²) >= 11 is 0. The molecule has 0 unspecified atom stereocenters. The van der Waals surface area contributed by atoms with Crippen LogP contribution in [0.25, 0.3) is 0 Å². The molecule has 17 heavy (non-hydrogen) atoms. The molecule has 1 aliphatic heterocycles. The minimum atomic E-state index is -0.110. The van der Waals surface area contributed by atoms with Gasteiger partial charge in [-0.05, 0) is 18.6 Å². The van der Waals surface area contributed by atoms with Gasteiger partial charge in [0.1, 0.15) is 6.20 Å². The van der Waals surface area contributed by atoms with E-state index in [1.165, 1.54) is 5.56 Å². The van der Waals surface area contributed by atoms with E-state index in [9.17, 15) is 4.79 Å². The van der Waals surface area contributed by atoms with E-state index in [0.717, 1.165) is 31.9 Å². The van der Waals surface area contributed by atoms with Gasteiger partial charge in [0.15, 0.2) is 0 Å². The normalized spacial score (nSPS) is 15.8. The zero-order valence-electron chi connectivity index (χ0n) is 10.4. The Kier molecular flexibility index (Phi) is 3.58. The molecule has 92 valence electrons. The number of aromatic nitrogens is 1. The molecule has 5 heteroatoms. The van der Waals surface area contributed by atoms with Crippen LogP contribution in [0.1, 0.15) is 5.56 Å². The van der Waals surface area contributed by atoms with Gasteiger partial charge in [-0.25, -0.2) is 5.32 Å². The number of hydrogen-bond acceptors (Lipinski definition) is 3. The van der Waals surface area contributed by atoms with E-state index >= 15 is 0 Å². The Morgan fingerprint density at radius 1 is 1.47 bits per heavy atom. The number of carbonyl (C=O) groups excluding carboxylic acids is 1. The molecule has 1 aliphatic rings. The summed E-state index contributed by atoms with van der Waals surface area (Å²) in [6.45, 7) is 6.03. The predicted molar refractivity (Wildman–Crippen MR) is 66.3 cm³/mol. The predicted octanol–water partition coefficient (Wildman–Crippen LogP) is -0.120. The highest BCUT2D eigenvalue weighted by atomic mass is 16.2. The zero-order valence-corrected chi connectivity index (χ0v) is 10.4. The molecule has 0 radical (unpaired) electrons. The van der Waals surface area contributed by atoms with Gasteiger partial charge in [-0.1, -0.05) is 0 Å². The maximum atomic E-state index is 11.6. The number of nitrogens with one attached hydrogen (secondary N) is 2. The van der Waals surface area contributed by atoms with E-state index in [2.05, 4.69) is 22.5 Å². The first kappa shape index (κ1) is 11.9. The minimum Gasteiger partial charge on any atom is -0.366 e. The van der Waals surface area contributed by atoms with E-state index in [-0.39, 0.29) is 6.03 Å². The van der Waals surface area contributed by atoms with Crippen molar-refractivity contribution in [3.63, 3.8) is 0 Å². The fourth-order valence-electron chi connectivity index (χ4n) is 2.05. The summed E-state index contributed by atoms with van der Waals surface area (Å²) in [5, 5.41) is 5.95. The van der Waals surface area contributed by atoms with Crippen LogP contribution in [-0.4, -0.2) is 39.3 Å². The van der Waals surface area contributed by atoms with Crippen molar-refractivity contribution in [3.8, 4) is 0 Å². The first-order chi connectivity index (χ1) is 8.22. The van der Waals surface area contributed by atoms with E-state index in [0.29, 0.717) is 0 Å². The summed E-state index contributed by atoms with van der Waals surface area (Å²) < 4.78 is 1.59. The van der Waals surface area contributed by atoms with Crippen molar-refractivity contribution in [2.75, 3.05) is 38.1 Å². The van der Waals surface area contributed by atoms with Crippen molar-refractivity contribution in [1.29, 1.82) is 0 Å². The number of aryl methyl sites for hydroxylation is 1. The molecule has 2 N–H and O–H groups in total. The Morgan fingerprint density at radius 3 is 2.82 bits per heavy atom. The van der Waals surface area contributed by atoms with E-state index in [4.69, 9.17) is 0 Å². The fraction of sp³-hybridized carbons (Fsp3) is 0.500. The van der Waals surface area contributed by atoms with Gasteiger partial charge in [0, 0.05) is 26.2 Å². The van der Waals surface area contributed by atoms with Crippen molar-refractivity contribution >= 4 is 11.7 Å². The van der Waals surface area contributed by atoms with Crippen molar-refractivity contribution in [2.45, 2.75) is 6.92 Å². The van der Waals surface area contributed by atoms with Crippen LogP contribution < -0.4 is 20.1 Å². The van der Waals surface area contributed by atoms with Gasteiger partial charge in [-0.2, -0.15) is 9.36 Å². The average molecular weight is 235 g/mol. The molecule has 0 saturated carbocycles. The summed E-state index contributed by atoms with van der Waals surface area (Å²) in [6, 6.07) is 1.87. The Labute approximate surface area is 101 Å². The number of hydrogen-bond donors (Lipinski definition) is 2. The van der Waals surface area contributed by atoms with Crippen LogP contribution in [0.2, 0.25) is 0 Å². The van der Waals surface area contributed by atoms with Crippen molar-refractivity contribution < 1.29 is 9.36 Å². The molecular weight excluding hydrogens is 216 g/mol. The van der Waals surface area contributed by atoms with Gasteiger partial charge in [0.25, 0.3) is 0 Å². The summed E-state index contributed by atoms with van der Waals surface area (Å²) in [6.07, 6.45) is 3.69. The molecule has 1 aromatic rings. The Hall–Kier alpha value is -1.62. The summed E-state index contributed by atoms with van der Waals surface area (Å²) in [4.78, 5) is 13.9. The van der Waals surface area contributed by atoms with Gasteiger partial charge in [0.05, 0.1) is 18.9 Å². The van der Waals surface area contributed by atoms with E-state index in [1.54, 1.807) is 17.8 Å². The first-order valence-electron chi connectivity index (χ1n) is 5.92. The molecule has 2 rings (SSSR count). The first-order valence-corrected chi connectivity index (χ1v) is 5.92. The number of piperazine rings is 1. The Balaban J connectivity index is 2.28. The lowest BCUT2D eigenvalue weighted by molar-refractivity contribution is -0.571. The summed E-state index contributed by atoms with van der Waals surface area (Å²) in [5.74, 6) is 0. The number of anilines is 1. The number of amides is 1. The molecule has 0 atom stereocenters. The maximum absolute atomic E-state index is 11.6. The molecule has 2 heterocycles. The average Bonchev–Trinajstić information content (AvgIpc) is 2.39. The van der Waals surface area contributed by atoms with Gasteiger partial charge >= 0.3 is 6.03 Å². The largest absolute Gasteiger partial charge is 0.495 e. The molecular formula is C12H19N4O+. The van der Waals surface area contributed by atoms with Crippen LogP contribution in [-0.2, 0) is 0 Å². The second kappa shape index (κ2) is 5.14. The second-order valence-corrected chi connectivity index (χ2v) is 4.21. The van der Waals surface area contributed by atoms with Crippen LogP contribution in [0, 0.1) is 6.92 Å². The molecule has 1 fully saturated rings. The number of carbonyl (C=O) groups is 1. The van der Waals surface area contributed by atoms with Crippen LogP contribution in [0.5, 0.6) is 0 Å². The van der Waals surface area contributed by atoms with E-state index in [1.807, 2.05) is 12.3 Å². The summed E-state index contributed by atoms with van der Waals surface area (Å²) in [7, 11) is 1.64. The number of rotatable bonds is 1. The smallest absolute Gasteiger partial charge is 0.366 e. The van der Waals surface area contributed by atoms with Gasteiger partial charge in [0.2, 0.25) is 0 Å². The van der Waals surface area contributed by atoms with Crippen LogP contribution in [0.15, 0.2) is 18.5 Å². The third-order valence-corrected chi connectivity index (χ3v) is 3.06.